The van der Waals surface area contributed by atoms with Crippen LogP contribution < -0.4 is 5.32 Å². The molecular formula is C18H16ClFNO+. The third kappa shape index (κ3) is 3.56. The molecule has 0 amide bonds. The third-order valence-electron chi connectivity index (χ3n) is 3.46. The monoisotopic (exact) mass is 316 g/mol. The summed E-state index contributed by atoms with van der Waals surface area (Å²) in [6.45, 7) is 1.53. The Kier molecular flexibility index (Phi) is 4.56. The summed E-state index contributed by atoms with van der Waals surface area (Å²) >= 11 is 6.13. The van der Waals surface area contributed by atoms with Crippen LogP contribution in [0.25, 0.3) is 11.3 Å². The predicted molar refractivity (Wildman–Crippen MR) is 84.9 cm³/mol. The summed E-state index contributed by atoms with van der Waals surface area (Å²) < 4.78 is 18.7. The number of halogens is 2. The minimum Gasteiger partial charge on any atom is -0.455 e. The van der Waals surface area contributed by atoms with Crippen molar-refractivity contribution in [2.24, 2.45) is 0 Å². The molecule has 112 valence electrons. The number of rotatable bonds is 5. The van der Waals surface area contributed by atoms with E-state index in [-0.39, 0.29) is 5.82 Å². The fraction of sp³-hybridized carbons (Fsp3) is 0.111. The Morgan fingerprint density at radius 1 is 0.909 bits per heavy atom. The van der Waals surface area contributed by atoms with Crippen LogP contribution in [0.2, 0.25) is 5.02 Å². The quantitative estimate of drug-likeness (QED) is 0.757. The summed E-state index contributed by atoms with van der Waals surface area (Å²) in [5.41, 5.74) is 1.98. The van der Waals surface area contributed by atoms with Gasteiger partial charge >= 0.3 is 0 Å². The average Bonchev–Trinajstić information content (AvgIpc) is 2.99. The van der Waals surface area contributed by atoms with Crippen LogP contribution in [0.5, 0.6) is 0 Å². The van der Waals surface area contributed by atoms with E-state index in [1.807, 2.05) is 36.4 Å². The summed E-state index contributed by atoms with van der Waals surface area (Å²) in [5, 5.41) is 2.92. The van der Waals surface area contributed by atoms with Crippen molar-refractivity contribution in [3.05, 3.63) is 82.8 Å². The Hall–Kier alpha value is -2.10. The Morgan fingerprint density at radius 2 is 1.68 bits per heavy atom. The molecule has 0 aliphatic heterocycles. The van der Waals surface area contributed by atoms with Crippen LogP contribution >= 0.6 is 11.6 Å². The zero-order chi connectivity index (χ0) is 15.4. The molecule has 3 rings (SSSR count). The number of hydrogen-bond acceptors (Lipinski definition) is 1. The van der Waals surface area contributed by atoms with Gasteiger partial charge < -0.3 is 9.73 Å². The molecule has 2 aromatic carbocycles. The summed E-state index contributed by atoms with van der Waals surface area (Å²) in [6.07, 6.45) is 0. The molecule has 0 atom stereocenters. The maximum Gasteiger partial charge on any atom is 0.158 e. The van der Waals surface area contributed by atoms with Gasteiger partial charge in [0.05, 0.1) is 0 Å². The molecule has 4 heteroatoms. The van der Waals surface area contributed by atoms with E-state index in [0.29, 0.717) is 0 Å². The predicted octanol–water partition coefficient (Wildman–Crippen LogP) is 4.00. The summed E-state index contributed by atoms with van der Waals surface area (Å²) in [7, 11) is 0. The lowest BCUT2D eigenvalue weighted by Gasteiger charge is -2.02. The molecule has 0 saturated heterocycles. The van der Waals surface area contributed by atoms with Crippen molar-refractivity contribution in [2.75, 3.05) is 0 Å². The second-order valence-corrected chi connectivity index (χ2v) is 5.47. The third-order valence-corrected chi connectivity index (χ3v) is 3.83. The molecule has 2 nitrogen and oxygen atoms in total. The van der Waals surface area contributed by atoms with E-state index < -0.39 is 0 Å². The Bertz CT molecular complexity index is 752. The highest BCUT2D eigenvalue weighted by Gasteiger charge is 2.07. The number of nitrogens with two attached hydrogens (primary N) is 1. The van der Waals surface area contributed by atoms with E-state index in [4.69, 9.17) is 16.0 Å². The van der Waals surface area contributed by atoms with Gasteiger partial charge in [0.2, 0.25) is 0 Å². The maximum atomic E-state index is 12.9. The number of furan rings is 1. The second kappa shape index (κ2) is 6.77. The van der Waals surface area contributed by atoms with Gasteiger partial charge in [-0.2, -0.15) is 0 Å². The first-order valence-electron chi connectivity index (χ1n) is 7.12. The van der Waals surface area contributed by atoms with E-state index in [0.717, 1.165) is 40.8 Å². The van der Waals surface area contributed by atoms with Crippen LogP contribution in [0.4, 0.5) is 4.39 Å². The van der Waals surface area contributed by atoms with Gasteiger partial charge in [0.15, 0.2) is 5.76 Å². The van der Waals surface area contributed by atoms with E-state index in [1.165, 1.54) is 12.1 Å². The Labute approximate surface area is 133 Å². The van der Waals surface area contributed by atoms with E-state index >= 15 is 0 Å². The Morgan fingerprint density at radius 3 is 2.45 bits per heavy atom. The highest BCUT2D eigenvalue weighted by molar-refractivity contribution is 6.31. The van der Waals surface area contributed by atoms with E-state index in [2.05, 4.69) is 5.32 Å². The van der Waals surface area contributed by atoms with E-state index in [1.54, 1.807) is 12.1 Å². The van der Waals surface area contributed by atoms with Gasteiger partial charge in [-0.05, 0) is 42.5 Å². The van der Waals surface area contributed by atoms with Crippen LogP contribution in [0.3, 0.4) is 0 Å². The fourth-order valence-corrected chi connectivity index (χ4v) is 2.50. The number of benzene rings is 2. The van der Waals surface area contributed by atoms with Crippen molar-refractivity contribution in [3.8, 4) is 11.3 Å². The summed E-state index contributed by atoms with van der Waals surface area (Å²) in [5.74, 6) is 1.39. The van der Waals surface area contributed by atoms with Gasteiger partial charge in [0.1, 0.15) is 24.7 Å². The molecule has 22 heavy (non-hydrogen) atoms. The van der Waals surface area contributed by atoms with Gasteiger partial charge in [-0.1, -0.05) is 29.8 Å². The van der Waals surface area contributed by atoms with Crippen LogP contribution in [-0.4, -0.2) is 0 Å². The topological polar surface area (TPSA) is 29.8 Å². The van der Waals surface area contributed by atoms with Crippen molar-refractivity contribution in [2.45, 2.75) is 13.1 Å². The van der Waals surface area contributed by atoms with Gasteiger partial charge in [-0.25, -0.2) is 4.39 Å². The lowest BCUT2D eigenvalue weighted by Crippen LogP contribution is -2.80. The minimum absolute atomic E-state index is 0.247. The molecule has 1 heterocycles. The average molecular weight is 317 g/mol. The zero-order valence-corrected chi connectivity index (χ0v) is 12.7. The smallest absolute Gasteiger partial charge is 0.158 e. The standard InChI is InChI=1S/C18H15ClFNO/c19-17-4-2-1-3-14(17)11-21-12-16-9-10-18(22-16)13-5-7-15(20)8-6-13/h1-10,21H,11-12H2/p+1. The maximum absolute atomic E-state index is 12.9. The van der Waals surface area contributed by atoms with Crippen molar-refractivity contribution < 1.29 is 14.1 Å². The molecule has 2 N–H and O–H groups in total. The first kappa shape index (κ1) is 14.8. The lowest BCUT2D eigenvalue weighted by molar-refractivity contribution is -0.687. The van der Waals surface area contributed by atoms with Crippen LogP contribution in [0, 0.1) is 5.82 Å². The van der Waals surface area contributed by atoms with Crippen LogP contribution in [0.1, 0.15) is 11.3 Å². The highest BCUT2D eigenvalue weighted by Crippen LogP contribution is 2.22. The molecule has 3 aromatic rings. The van der Waals surface area contributed by atoms with Crippen LogP contribution in [-0.2, 0) is 13.1 Å². The largest absolute Gasteiger partial charge is 0.455 e. The lowest BCUT2D eigenvalue weighted by atomic mass is 10.2. The molecule has 0 aliphatic carbocycles. The molecule has 0 fully saturated rings. The first-order chi connectivity index (χ1) is 10.7. The molecule has 1 aromatic heterocycles. The van der Waals surface area contributed by atoms with Crippen molar-refractivity contribution >= 4 is 11.6 Å². The SMILES string of the molecule is Fc1ccc(-c2ccc(C[NH2+]Cc3ccccc3Cl)o2)cc1. The van der Waals surface area contributed by atoms with Gasteiger partial charge in [-0.3, -0.25) is 0 Å². The van der Waals surface area contributed by atoms with Gasteiger partial charge in [0.25, 0.3) is 0 Å². The Balaban J connectivity index is 1.60. The molecule has 0 spiro atoms. The normalized spacial score (nSPS) is 10.8. The molecule has 0 radical (unpaired) electrons. The number of hydrogen-bond donors (Lipinski definition) is 1. The molecule has 0 bridgehead atoms. The molecule has 0 aliphatic rings. The zero-order valence-electron chi connectivity index (χ0n) is 11.9. The molecular weight excluding hydrogens is 301 g/mol. The molecule has 0 saturated carbocycles. The highest BCUT2D eigenvalue weighted by atomic mass is 35.5. The van der Waals surface area contributed by atoms with Gasteiger partial charge in [-0.15, -0.1) is 0 Å². The van der Waals surface area contributed by atoms with Gasteiger partial charge in [0, 0.05) is 16.1 Å². The fourth-order valence-electron chi connectivity index (χ4n) is 2.29. The van der Waals surface area contributed by atoms with Crippen LogP contribution in [0.15, 0.2) is 65.1 Å². The van der Waals surface area contributed by atoms with E-state index in [9.17, 15) is 4.39 Å². The summed E-state index contributed by atoms with van der Waals surface area (Å²) in [4.78, 5) is 0. The number of quaternary nitrogens is 1. The summed E-state index contributed by atoms with van der Waals surface area (Å²) in [6, 6.07) is 18.0. The van der Waals surface area contributed by atoms with Crippen molar-refractivity contribution in [1.82, 2.24) is 0 Å². The minimum atomic E-state index is -0.247. The first-order valence-corrected chi connectivity index (χ1v) is 7.50. The van der Waals surface area contributed by atoms with Crippen molar-refractivity contribution in [1.29, 1.82) is 0 Å². The molecule has 0 unspecified atom stereocenters. The second-order valence-electron chi connectivity index (χ2n) is 5.06. The van der Waals surface area contributed by atoms with Crippen molar-refractivity contribution in [3.63, 3.8) is 0 Å².